The Morgan fingerprint density at radius 2 is 2.33 bits per heavy atom. The van der Waals surface area contributed by atoms with Gasteiger partial charge in [-0.1, -0.05) is 6.92 Å². The number of methoxy groups -OCH3 is 1. The molecule has 0 aromatic rings. The summed E-state index contributed by atoms with van der Waals surface area (Å²) in [7, 11) is 1.70. The van der Waals surface area contributed by atoms with Gasteiger partial charge in [0.1, 0.15) is 0 Å². The van der Waals surface area contributed by atoms with Crippen LogP contribution in [0, 0.1) is 5.92 Å². The Hall–Kier alpha value is -0.120. The lowest BCUT2D eigenvalue weighted by atomic mass is 9.97. The predicted molar refractivity (Wildman–Crippen MR) is 46.0 cm³/mol. The summed E-state index contributed by atoms with van der Waals surface area (Å²) in [6.07, 6.45) is 0.950. The van der Waals surface area contributed by atoms with Gasteiger partial charge < -0.3 is 14.6 Å². The first-order valence-electron chi connectivity index (χ1n) is 4.47. The number of aliphatic hydroxyl groups excluding tert-OH is 1. The van der Waals surface area contributed by atoms with Crippen molar-refractivity contribution in [2.45, 2.75) is 38.6 Å². The Morgan fingerprint density at radius 3 is 2.75 bits per heavy atom. The fraction of sp³-hybridized carbons (Fsp3) is 1.00. The lowest BCUT2D eigenvalue weighted by Gasteiger charge is -2.18. The Kier molecular flexibility index (Phi) is 3.50. The molecule has 1 saturated heterocycles. The van der Waals surface area contributed by atoms with E-state index < -0.39 is 0 Å². The van der Waals surface area contributed by atoms with Crippen LogP contribution in [0.1, 0.15) is 20.3 Å². The third-order valence-electron chi connectivity index (χ3n) is 2.64. The van der Waals surface area contributed by atoms with Gasteiger partial charge in [-0.3, -0.25) is 0 Å². The average molecular weight is 174 g/mol. The zero-order valence-corrected chi connectivity index (χ0v) is 7.99. The van der Waals surface area contributed by atoms with E-state index in [9.17, 15) is 5.11 Å². The van der Waals surface area contributed by atoms with Crippen LogP contribution < -0.4 is 0 Å². The second-order valence-electron chi connectivity index (χ2n) is 3.58. The minimum Gasteiger partial charge on any atom is -0.390 e. The van der Waals surface area contributed by atoms with E-state index in [-0.39, 0.29) is 24.2 Å². The van der Waals surface area contributed by atoms with E-state index in [0.717, 1.165) is 6.42 Å². The van der Waals surface area contributed by atoms with Crippen LogP contribution in [0.5, 0.6) is 0 Å². The fourth-order valence-corrected chi connectivity index (χ4v) is 1.48. The van der Waals surface area contributed by atoms with Gasteiger partial charge in [0.15, 0.2) is 0 Å². The average Bonchev–Trinajstić information content (AvgIpc) is 2.36. The van der Waals surface area contributed by atoms with Gasteiger partial charge in [0.2, 0.25) is 0 Å². The molecule has 1 fully saturated rings. The first kappa shape index (κ1) is 9.96. The van der Waals surface area contributed by atoms with Crippen LogP contribution in [0.3, 0.4) is 0 Å². The molecule has 0 aliphatic carbocycles. The monoisotopic (exact) mass is 174 g/mol. The maximum Gasteiger partial charge on any atom is 0.0823 e. The molecule has 1 aliphatic heterocycles. The molecular formula is C9H18O3. The zero-order valence-electron chi connectivity index (χ0n) is 7.99. The predicted octanol–water partition coefficient (Wildman–Crippen LogP) is 0.807. The topological polar surface area (TPSA) is 38.7 Å². The Bertz CT molecular complexity index is 138. The van der Waals surface area contributed by atoms with Crippen molar-refractivity contribution < 1.29 is 14.6 Å². The number of hydrogen-bond acceptors (Lipinski definition) is 3. The molecule has 0 saturated carbocycles. The number of hydrogen-bond donors (Lipinski definition) is 1. The zero-order chi connectivity index (χ0) is 9.14. The summed E-state index contributed by atoms with van der Waals surface area (Å²) in [6.45, 7) is 4.51. The number of rotatable bonds is 3. The second-order valence-corrected chi connectivity index (χ2v) is 3.58. The maximum absolute atomic E-state index is 9.39. The molecule has 0 amide bonds. The van der Waals surface area contributed by atoms with Gasteiger partial charge in [-0.05, 0) is 13.3 Å². The molecule has 1 N–H and O–H groups in total. The molecule has 12 heavy (non-hydrogen) atoms. The van der Waals surface area contributed by atoms with Gasteiger partial charge in [0.05, 0.1) is 24.9 Å². The summed E-state index contributed by atoms with van der Waals surface area (Å²) in [5.74, 6) is 0.239. The summed E-state index contributed by atoms with van der Waals surface area (Å²) < 4.78 is 10.6. The van der Waals surface area contributed by atoms with Crippen LogP contribution >= 0.6 is 0 Å². The van der Waals surface area contributed by atoms with Crippen molar-refractivity contribution in [1.82, 2.24) is 0 Å². The number of ether oxygens (including phenoxy) is 2. The van der Waals surface area contributed by atoms with Crippen molar-refractivity contribution in [1.29, 1.82) is 0 Å². The van der Waals surface area contributed by atoms with Crippen LogP contribution in [0.15, 0.2) is 0 Å². The molecule has 1 aliphatic rings. The molecule has 0 aromatic heterocycles. The van der Waals surface area contributed by atoms with E-state index in [1.165, 1.54) is 0 Å². The van der Waals surface area contributed by atoms with Crippen LogP contribution in [0.25, 0.3) is 0 Å². The van der Waals surface area contributed by atoms with E-state index in [4.69, 9.17) is 9.47 Å². The van der Waals surface area contributed by atoms with E-state index in [1.54, 1.807) is 7.11 Å². The van der Waals surface area contributed by atoms with Gasteiger partial charge in [-0.25, -0.2) is 0 Å². The molecule has 3 nitrogen and oxygen atoms in total. The minimum atomic E-state index is -0.293. The van der Waals surface area contributed by atoms with E-state index in [2.05, 4.69) is 0 Å². The van der Waals surface area contributed by atoms with Gasteiger partial charge >= 0.3 is 0 Å². The van der Waals surface area contributed by atoms with Crippen molar-refractivity contribution in [3.05, 3.63) is 0 Å². The molecule has 0 spiro atoms. The summed E-state index contributed by atoms with van der Waals surface area (Å²) in [4.78, 5) is 0. The maximum atomic E-state index is 9.39. The lowest BCUT2D eigenvalue weighted by molar-refractivity contribution is 0.0264. The van der Waals surface area contributed by atoms with E-state index in [0.29, 0.717) is 6.61 Å². The van der Waals surface area contributed by atoms with E-state index in [1.807, 2.05) is 13.8 Å². The van der Waals surface area contributed by atoms with Crippen molar-refractivity contribution in [2.75, 3.05) is 13.7 Å². The third kappa shape index (κ3) is 2.19. The first-order chi connectivity index (χ1) is 5.65. The molecule has 0 radical (unpaired) electrons. The highest BCUT2D eigenvalue weighted by molar-refractivity contribution is 4.81. The minimum absolute atomic E-state index is 0.162. The highest BCUT2D eigenvalue weighted by atomic mass is 16.5. The van der Waals surface area contributed by atoms with Crippen LogP contribution in [-0.2, 0) is 9.47 Å². The fourth-order valence-electron chi connectivity index (χ4n) is 1.48. The van der Waals surface area contributed by atoms with Crippen LogP contribution in [-0.4, -0.2) is 37.1 Å². The Morgan fingerprint density at radius 1 is 1.67 bits per heavy atom. The van der Waals surface area contributed by atoms with Gasteiger partial charge in [0.25, 0.3) is 0 Å². The Labute approximate surface area is 73.7 Å². The molecule has 1 rings (SSSR count). The summed E-state index contributed by atoms with van der Waals surface area (Å²) in [5.41, 5.74) is 0. The van der Waals surface area contributed by atoms with Crippen molar-refractivity contribution >= 4 is 0 Å². The summed E-state index contributed by atoms with van der Waals surface area (Å²) in [6, 6.07) is 0. The smallest absolute Gasteiger partial charge is 0.0823 e. The lowest BCUT2D eigenvalue weighted by Crippen LogP contribution is -2.24. The Balaban J connectivity index is 2.33. The normalized spacial score (nSPS) is 38.5. The van der Waals surface area contributed by atoms with Crippen molar-refractivity contribution in [2.24, 2.45) is 5.92 Å². The van der Waals surface area contributed by atoms with Gasteiger partial charge in [-0.2, -0.15) is 0 Å². The molecule has 0 aromatic carbocycles. The highest BCUT2D eigenvalue weighted by Gasteiger charge is 2.33. The summed E-state index contributed by atoms with van der Waals surface area (Å²) in [5, 5.41) is 9.39. The van der Waals surface area contributed by atoms with E-state index >= 15 is 0 Å². The first-order valence-corrected chi connectivity index (χ1v) is 4.47. The van der Waals surface area contributed by atoms with Crippen LogP contribution in [0.4, 0.5) is 0 Å². The molecule has 4 unspecified atom stereocenters. The standard InChI is InChI=1S/C9H18O3/c1-6(11-3)4-9-7(2)8(10)5-12-9/h6-10H,4-5H2,1-3H3. The number of aliphatic hydroxyl groups is 1. The quantitative estimate of drug-likeness (QED) is 0.688. The second kappa shape index (κ2) is 4.21. The molecule has 0 bridgehead atoms. The van der Waals surface area contributed by atoms with Crippen LogP contribution in [0.2, 0.25) is 0 Å². The SMILES string of the molecule is COC(C)CC1OCC(O)C1C. The summed E-state index contributed by atoms with van der Waals surface area (Å²) >= 11 is 0. The third-order valence-corrected chi connectivity index (χ3v) is 2.64. The molecule has 1 heterocycles. The largest absolute Gasteiger partial charge is 0.390 e. The van der Waals surface area contributed by atoms with Crippen molar-refractivity contribution in [3.63, 3.8) is 0 Å². The van der Waals surface area contributed by atoms with Gasteiger partial charge in [-0.15, -0.1) is 0 Å². The molecule has 72 valence electrons. The molecule has 3 heteroatoms. The van der Waals surface area contributed by atoms with Crippen molar-refractivity contribution in [3.8, 4) is 0 Å². The molecular weight excluding hydrogens is 156 g/mol. The molecule has 4 atom stereocenters. The van der Waals surface area contributed by atoms with Gasteiger partial charge in [0, 0.05) is 13.0 Å². The highest BCUT2D eigenvalue weighted by Crippen LogP contribution is 2.24.